The highest BCUT2D eigenvalue weighted by atomic mass is 15.0. The van der Waals surface area contributed by atoms with Crippen LogP contribution in [0.2, 0.25) is 0 Å². The number of pyridine rings is 3. The smallest absolute Gasteiger partial charge is 0.182 e. The Balaban J connectivity index is 1.13. The molecule has 0 atom stereocenters. The number of hydrogen-bond acceptors (Lipinski definition) is 8. The largest absolute Gasteiger partial charge is 0.255 e. The molecule has 5 aromatic carbocycles. The van der Waals surface area contributed by atoms with Gasteiger partial charge in [-0.2, -0.15) is 0 Å². The van der Waals surface area contributed by atoms with Crippen molar-refractivity contribution in [1.29, 1.82) is 0 Å². The van der Waals surface area contributed by atoms with Crippen LogP contribution in [-0.4, -0.2) is 39.9 Å². The van der Waals surface area contributed by atoms with Gasteiger partial charge in [-0.15, -0.1) is 0 Å². The standard InChI is InChI=1S/C52H34N8/c1-5-18-35(19-6-1)45-34-46(57-49(56-45)36-20-7-2-8-21-36)41-27-14-13-26-40(41)39-32-47(42-28-15-16-31-53-42)55-48(33-39)43-29-17-30-44(54-43)52-59-50(37-22-9-3-10-23-37)58-51(60-52)38-24-11-4-12-25-38/h1-34H. The molecular weight excluding hydrogens is 737 g/mol. The van der Waals surface area contributed by atoms with Crippen molar-refractivity contribution in [3.63, 3.8) is 0 Å². The molecule has 0 bridgehead atoms. The van der Waals surface area contributed by atoms with Gasteiger partial charge in [0.05, 0.1) is 34.2 Å². The van der Waals surface area contributed by atoms with E-state index in [1.807, 2.05) is 158 Å². The second-order valence-electron chi connectivity index (χ2n) is 14.0. The molecular formula is C52H34N8. The lowest BCUT2D eigenvalue weighted by Crippen LogP contribution is -2.02. The number of rotatable bonds is 9. The number of hydrogen-bond donors (Lipinski definition) is 0. The summed E-state index contributed by atoms with van der Waals surface area (Å²) in [7, 11) is 0. The average molecular weight is 771 g/mol. The van der Waals surface area contributed by atoms with Gasteiger partial charge in [-0.3, -0.25) is 4.98 Å². The van der Waals surface area contributed by atoms with E-state index in [9.17, 15) is 0 Å². The van der Waals surface area contributed by atoms with Crippen LogP contribution in [0.15, 0.2) is 206 Å². The van der Waals surface area contributed by atoms with E-state index in [-0.39, 0.29) is 0 Å². The summed E-state index contributed by atoms with van der Waals surface area (Å²) in [5.41, 5.74) is 11.6. The fourth-order valence-corrected chi connectivity index (χ4v) is 7.10. The second kappa shape index (κ2) is 16.2. The van der Waals surface area contributed by atoms with Gasteiger partial charge in [-0.25, -0.2) is 34.9 Å². The maximum atomic E-state index is 5.18. The monoisotopic (exact) mass is 770 g/mol. The predicted molar refractivity (Wildman–Crippen MR) is 238 cm³/mol. The van der Waals surface area contributed by atoms with Crippen LogP contribution >= 0.6 is 0 Å². The lowest BCUT2D eigenvalue weighted by Gasteiger charge is -2.15. The molecule has 0 fully saturated rings. The van der Waals surface area contributed by atoms with E-state index in [1.165, 1.54) is 0 Å². The summed E-state index contributed by atoms with van der Waals surface area (Å²) in [4.78, 5) is 40.0. The van der Waals surface area contributed by atoms with E-state index in [0.717, 1.165) is 56.0 Å². The third-order valence-electron chi connectivity index (χ3n) is 10.0. The molecule has 8 heteroatoms. The van der Waals surface area contributed by atoms with Gasteiger partial charge in [-0.1, -0.05) is 158 Å². The zero-order valence-electron chi connectivity index (χ0n) is 32.2. The third-order valence-corrected chi connectivity index (χ3v) is 10.0. The summed E-state index contributed by atoms with van der Waals surface area (Å²) < 4.78 is 0. The number of nitrogens with zero attached hydrogens (tertiary/aromatic N) is 8. The van der Waals surface area contributed by atoms with Crippen LogP contribution in [0.25, 0.3) is 102 Å². The van der Waals surface area contributed by atoms with Crippen LogP contribution < -0.4 is 0 Å². The molecule has 5 heterocycles. The third kappa shape index (κ3) is 7.56. The summed E-state index contributed by atoms with van der Waals surface area (Å²) in [6.45, 7) is 0. The van der Waals surface area contributed by atoms with Crippen molar-refractivity contribution in [2.24, 2.45) is 0 Å². The van der Waals surface area contributed by atoms with Crippen molar-refractivity contribution in [2.75, 3.05) is 0 Å². The number of aromatic nitrogens is 8. The molecule has 0 saturated carbocycles. The van der Waals surface area contributed by atoms with Crippen molar-refractivity contribution < 1.29 is 0 Å². The minimum Gasteiger partial charge on any atom is -0.255 e. The Hall–Kier alpha value is -8.36. The van der Waals surface area contributed by atoms with E-state index < -0.39 is 0 Å². The van der Waals surface area contributed by atoms with Crippen molar-refractivity contribution >= 4 is 0 Å². The van der Waals surface area contributed by atoms with Crippen LogP contribution in [0.5, 0.6) is 0 Å². The van der Waals surface area contributed by atoms with E-state index in [0.29, 0.717) is 46.1 Å². The molecule has 60 heavy (non-hydrogen) atoms. The van der Waals surface area contributed by atoms with Gasteiger partial charge in [0.2, 0.25) is 0 Å². The van der Waals surface area contributed by atoms with Gasteiger partial charge in [-0.05, 0) is 53.6 Å². The Bertz CT molecular complexity index is 2960. The predicted octanol–water partition coefficient (Wildman–Crippen LogP) is 11.8. The van der Waals surface area contributed by atoms with Crippen molar-refractivity contribution in [1.82, 2.24) is 39.9 Å². The first-order valence-electron chi connectivity index (χ1n) is 19.6. The maximum absolute atomic E-state index is 5.18. The molecule has 0 aliphatic rings. The summed E-state index contributed by atoms with van der Waals surface area (Å²) in [5, 5.41) is 0. The van der Waals surface area contributed by atoms with Crippen LogP contribution in [-0.2, 0) is 0 Å². The maximum Gasteiger partial charge on any atom is 0.182 e. The first-order chi connectivity index (χ1) is 29.7. The lowest BCUT2D eigenvalue weighted by molar-refractivity contribution is 1.06. The van der Waals surface area contributed by atoms with Crippen molar-refractivity contribution in [3.8, 4) is 102 Å². The highest BCUT2D eigenvalue weighted by Gasteiger charge is 2.18. The molecule has 0 aliphatic carbocycles. The Morgan fingerprint density at radius 2 is 0.667 bits per heavy atom. The molecule has 0 aliphatic heterocycles. The van der Waals surface area contributed by atoms with E-state index in [1.54, 1.807) is 6.20 Å². The molecule has 0 N–H and O–H groups in total. The zero-order valence-corrected chi connectivity index (χ0v) is 32.2. The van der Waals surface area contributed by atoms with Gasteiger partial charge in [0.1, 0.15) is 5.69 Å². The molecule has 0 unspecified atom stereocenters. The van der Waals surface area contributed by atoms with E-state index in [2.05, 4.69) is 42.5 Å². The quantitative estimate of drug-likeness (QED) is 0.143. The fraction of sp³-hybridized carbons (Fsp3) is 0. The minimum atomic E-state index is 0.461. The summed E-state index contributed by atoms with van der Waals surface area (Å²) in [6.07, 6.45) is 1.78. The second-order valence-corrected chi connectivity index (χ2v) is 14.0. The first kappa shape index (κ1) is 36.0. The van der Waals surface area contributed by atoms with Crippen LogP contribution in [0, 0.1) is 0 Å². The molecule has 10 aromatic rings. The first-order valence-corrected chi connectivity index (χ1v) is 19.6. The summed E-state index contributed by atoms with van der Waals surface area (Å²) in [5.74, 6) is 2.24. The van der Waals surface area contributed by atoms with E-state index in [4.69, 9.17) is 39.9 Å². The van der Waals surface area contributed by atoms with Crippen LogP contribution in [0.1, 0.15) is 0 Å². The van der Waals surface area contributed by atoms with Crippen molar-refractivity contribution in [3.05, 3.63) is 206 Å². The highest BCUT2D eigenvalue weighted by Crippen LogP contribution is 2.37. The molecule has 0 radical (unpaired) electrons. The van der Waals surface area contributed by atoms with Crippen LogP contribution in [0.3, 0.4) is 0 Å². The highest BCUT2D eigenvalue weighted by molar-refractivity contribution is 5.87. The SMILES string of the molecule is c1ccc(-c2cc(-c3ccccc3-c3cc(-c4ccccn4)nc(-c4cccc(-c5nc(-c6ccccc6)nc(-c6ccccc6)n5)n4)c3)nc(-c3ccccc3)n2)cc1. The zero-order chi connectivity index (χ0) is 40.1. The Labute approximate surface area is 347 Å². The molecule has 5 aromatic heterocycles. The fourth-order valence-electron chi connectivity index (χ4n) is 7.10. The van der Waals surface area contributed by atoms with Crippen molar-refractivity contribution in [2.45, 2.75) is 0 Å². The minimum absolute atomic E-state index is 0.461. The molecule has 282 valence electrons. The summed E-state index contributed by atoms with van der Waals surface area (Å²) in [6, 6.07) is 66.4. The van der Waals surface area contributed by atoms with Gasteiger partial charge in [0.25, 0.3) is 0 Å². The van der Waals surface area contributed by atoms with Gasteiger partial charge in [0.15, 0.2) is 23.3 Å². The molecule has 0 spiro atoms. The molecule has 8 nitrogen and oxygen atoms in total. The Kier molecular flexibility index (Phi) is 9.75. The molecule has 0 saturated heterocycles. The molecule has 10 rings (SSSR count). The topological polar surface area (TPSA) is 103 Å². The average Bonchev–Trinajstić information content (AvgIpc) is 3.35. The van der Waals surface area contributed by atoms with Crippen LogP contribution in [0.4, 0.5) is 0 Å². The van der Waals surface area contributed by atoms with Gasteiger partial charge < -0.3 is 0 Å². The summed E-state index contributed by atoms with van der Waals surface area (Å²) >= 11 is 0. The normalized spacial score (nSPS) is 11.0. The lowest BCUT2D eigenvalue weighted by atomic mass is 9.95. The number of benzene rings is 5. The Morgan fingerprint density at radius 1 is 0.217 bits per heavy atom. The van der Waals surface area contributed by atoms with Gasteiger partial charge >= 0.3 is 0 Å². The molecule has 0 amide bonds. The Morgan fingerprint density at radius 3 is 1.27 bits per heavy atom. The van der Waals surface area contributed by atoms with E-state index >= 15 is 0 Å². The van der Waals surface area contributed by atoms with Gasteiger partial charge in [0, 0.05) is 34.0 Å².